The average molecular weight is 635 g/mol. The van der Waals surface area contributed by atoms with Crippen LogP contribution >= 0.6 is 0 Å². The molecule has 0 bridgehead atoms. The zero-order valence-corrected chi connectivity index (χ0v) is 27.5. The number of furan rings is 1. The van der Waals surface area contributed by atoms with Gasteiger partial charge >= 0.3 is 0 Å². The second kappa shape index (κ2) is 11.1. The molecule has 7 heteroatoms. The van der Waals surface area contributed by atoms with Gasteiger partial charge in [-0.25, -0.2) is 0 Å². The Morgan fingerprint density at radius 1 is 0.469 bits per heavy atom. The molecule has 0 spiro atoms. The molecule has 234 valence electrons. The first-order chi connectivity index (χ1) is 23.9. The van der Waals surface area contributed by atoms with Gasteiger partial charge in [0, 0.05) is 45.1 Å². The number of aromatic nitrogens is 6. The largest absolute Gasteiger partial charge is 0.456 e. The fourth-order valence-corrected chi connectivity index (χ4v) is 7.31. The third-order valence-corrected chi connectivity index (χ3v) is 9.51. The molecule has 0 saturated carbocycles. The predicted molar refractivity (Wildman–Crippen MR) is 196 cm³/mol. The van der Waals surface area contributed by atoms with E-state index in [-0.39, 0.29) is 0 Å². The summed E-state index contributed by atoms with van der Waals surface area (Å²) in [6, 6.07) is 29.7. The summed E-state index contributed by atoms with van der Waals surface area (Å²) in [5, 5.41) is 21.7. The van der Waals surface area contributed by atoms with E-state index in [2.05, 4.69) is 119 Å². The third kappa shape index (κ3) is 4.73. The van der Waals surface area contributed by atoms with Crippen molar-refractivity contribution in [3.8, 4) is 44.8 Å². The van der Waals surface area contributed by atoms with Gasteiger partial charge in [-0.2, -0.15) is 10.2 Å². The number of aryl methyl sites for hydroxylation is 4. The molecule has 5 heterocycles. The Bertz CT molecular complexity index is 2540. The van der Waals surface area contributed by atoms with Crippen LogP contribution in [0.4, 0.5) is 0 Å². The van der Waals surface area contributed by atoms with E-state index >= 15 is 0 Å². The van der Waals surface area contributed by atoms with Gasteiger partial charge in [-0.15, -0.1) is 10.2 Å². The predicted octanol–water partition coefficient (Wildman–Crippen LogP) is 10.2. The Labute approximate surface area is 282 Å². The minimum absolute atomic E-state index is 0.809. The normalized spacial score (nSPS) is 11.7. The molecule has 0 aliphatic heterocycles. The average Bonchev–Trinajstić information content (AvgIpc) is 3.48. The molecule has 0 radical (unpaired) electrons. The standard InChI is InChI=1S/C42H30N6O/c1-23-15-31(16-24(2)37(23)41-39-29(21-45-47-41)7-5-13-43-39)27-9-11-35-33(19-27)34-20-28(10-12-36(34)49-35)32-17-25(3)38(26(4)18-32)42-40-30(22-46-48-42)8-6-14-44-40/h5-22H,1-4H3. The quantitative estimate of drug-likeness (QED) is 0.190. The van der Waals surface area contributed by atoms with Gasteiger partial charge in [0.1, 0.15) is 22.6 Å². The lowest BCUT2D eigenvalue weighted by Crippen LogP contribution is -1.97. The van der Waals surface area contributed by atoms with Gasteiger partial charge in [-0.05, 0) is 121 Å². The molecule has 0 unspecified atom stereocenters. The lowest BCUT2D eigenvalue weighted by atomic mass is 9.92. The molecule has 9 aromatic rings. The molecule has 0 aliphatic rings. The van der Waals surface area contributed by atoms with Crippen molar-refractivity contribution in [3.05, 3.63) is 132 Å². The summed E-state index contributed by atoms with van der Waals surface area (Å²) in [6.07, 6.45) is 7.13. The van der Waals surface area contributed by atoms with Crippen molar-refractivity contribution in [2.75, 3.05) is 0 Å². The van der Waals surface area contributed by atoms with Crippen molar-refractivity contribution in [2.45, 2.75) is 27.7 Å². The number of fused-ring (bicyclic) bond motifs is 5. The molecule has 0 N–H and O–H groups in total. The highest BCUT2D eigenvalue weighted by atomic mass is 16.3. The molecule has 49 heavy (non-hydrogen) atoms. The number of nitrogens with zero attached hydrogens (tertiary/aromatic N) is 6. The van der Waals surface area contributed by atoms with Gasteiger partial charge in [0.05, 0.1) is 23.4 Å². The van der Waals surface area contributed by atoms with E-state index in [1.807, 2.05) is 24.3 Å². The number of hydrogen-bond donors (Lipinski definition) is 0. The van der Waals surface area contributed by atoms with Crippen molar-refractivity contribution in [3.63, 3.8) is 0 Å². The van der Waals surface area contributed by atoms with E-state index in [1.165, 1.54) is 0 Å². The maximum atomic E-state index is 6.32. The first kappa shape index (κ1) is 28.8. The first-order valence-electron chi connectivity index (χ1n) is 16.3. The lowest BCUT2D eigenvalue weighted by molar-refractivity contribution is 0.669. The molecule has 0 aliphatic carbocycles. The Morgan fingerprint density at radius 2 is 0.898 bits per heavy atom. The summed E-state index contributed by atoms with van der Waals surface area (Å²) >= 11 is 0. The smallest absolute Gasteiger partial charge is 0.135 e. The van der Waals surface area contributed by atoms with E-state index in [1.54, 1.807) is 24.8 Å². The van der Waals surface area contributed by atoms with Gasteiger partial charge in [-0.3, -0.25) is 9.97 Å². The highest BCUT2D eigenvalue weighted by Gasteiger charge is 2.18. The molecule has 0 saturated heterocycles. The highest BCUT2D eigenvalue weighted by Crippen LogP contribution is 2.39. The van der Waals surface area contributed by atoms with Gasteiger partial charge in [0.15, 0.2) is 0 Å². The van der Waals surface area contributed by atoms with Crippen LogP contribution < -0.4 is 0 Å². The van der Waals surface area contributed by atoms with E-state index in [9.17, 15) is 0 Å². The molecule has 0 amide bonds. The summed E-state index contributed by atoms with van der Waals surface area (Å²) in [6.45, 7) is 8.52. The molecular weight excluding hydrogens is 605 g/mol. The molecule has 9 rings (SSSR count). The highest BCUT2D eigenvalue weighted by molar-refractivity contribution is 6.08. The van der Waals surface area contributed by atoms with Crippen LogP contribution in [-0.4, -0.2) is 30.4 Å². The summed E-state index contributed by atoms with van der Waals surface area (Å²) in [7, 11) is 0. The van der Waals surface area contributed by atoms with Gasteiger partial charge in [0.2, 0.25) is 0 Å². The summed E-state index contributed by atoms with van der Waals surface area (Å²) < 4.78 is 6.32. The zero-order valence-electron chi connectivity index (χ0n) is 27.5. The van der Waals surface area contributed by atoms with E-state index in [0.29, 0.717) is 0 Å². The minimum atomic E-state index is 0.809. The van der Waals surface area contributed by atoms with Crippen LogP contribution in [0.1, 0.15) is 22.3 Å². The van der Waals surface area contributed by atoms with Crippen LogP contribution in [-0.2, 0) is 0 Å². The second-order valence-corrected chi connectivity index (χ2v) is 12.8. The number of benzene rings is 4. The maximum absolute atomic E-state index is 6.32. The Morgan fingerprint density at radius 3 is 1.33 bits per heavy atom. The topological polar surface area (TPSA) is 90.5 Å². The second-order valence-electron chi connectivity index (χ2n) is 12.8. The number of hydrogen-bond acceptors (Lipinski definition) is 7. The fraction of sp³-hybridized carbons (Fsp3) is 0.0952. The van der Waals surface area contributed by atoms with Gasteiger partial charge < -0.3 is 4.42 Å². The molecule has 0 fully saturated rings. The first-order valence-corrected chi connectivity index (χ1v) is 16.3. The van der Waals surface area contributed by atoms with E-state index < -0.39 is 0 Å². The third-order valence-electron chi connectivity index (χ3n) is 9.51. The van der Waals surface area contributed by atoms with Crippen LogP contribution in [0.2, 0.25) is 0 Å². The van der Waals surface area contributed by atoms with Gasteiger partial charge in [0.25, 0.3) is 0 Å². The van der Waals surface area contributed by atoms with Crippen molar-refractivity contribution in [1.29, 1.82) is 0 Å². The van der Waals surface area contributed by atoms with Gasteiger partial charge in [-0.1, -0.05) is 36.4 Å². The van der Waals surface area contributed by atoms with E-state index in [0.717, 1.165) is 111 Å². The SMILES string of the molecule is Cc1cc(-c2ccc3oc4ccc(-c5cc(C)c(-c6nncc7cccnc67)c(C)c5)cc4c3c2)cc(C)c1-c1nncc2cccnc12. The van der Waals surface area contributed by atoms with Crippen LogP contribution in [0.25, 0.3) is 88.5 Å². The monoisotopic (exact) mass is 634 g/mol. The number of pyridine rings is 2. The van der Waals surface area contributed by atoms with Crippen LogP contribution in [0.15, 0.2) is 114 Å². The van der Waals surface area contributed by atoms with Crippen molar-refractivity contribution in [1.82, 2.24) is 30.4 Å². The fourth-order valence-electron chi connectivity index (χ4n) is 7.31. The van der Waals surface area contributed by atoms with Crippen molar-refractivity contribution in [2.24, 2.45) is 0 Å². The Hall–Kier alpha value is -6.34. The summed E-state index contributed by atoms with van der Waals surface area (Å²) in [5.41, 5.74) is 16.2. The summed E-state index contributed by atoms with van der Waals surface area (Å²) in [4.78, 5) is 9.25. The summed E-state index contributed by atoms with van der Waals surface area (Å²) in [5.74, 6) is 0. The van der Waals surface area contributed by atoms with Crippen molar-refractivity contribution < 1.29 is 4.42 Å². The van der Waals surface area contributed by atoms with Crippen molar-refractivity contribution >= 4 is 43.7 Å². The molecule has 7 nitrogen and oxygen atoms in total. The van der Waals surface area contributed by atoms with Crippen LogP contribution in [0.5, 0.6) is 0 Å². The van der Waals surface area contributed by atoms with Crippen LogP contribution in [0.3, 0.4) is 0 Å². The maximum Gasteiger partial charge on any atom is 0.135 e. The number of rotatable bonds is 4. The molecule has 4 aromatic carbocycles. The molecule has 5 aromatic heterocycles. The van der Waals surface area contributed by atoms with E-state index in [4.69, 9.17) is 4.42 Å². The Balaban J connectivity index is 1.12. The molecular formula is C42H30N6O. The lowest BCUT2D eigenvalue weighted by Gasteiger charge is -2.14. The minimum Gasteiger partial charge on any atom is -0.456 e. The molecule has 0 atom stereocenters. The van der Waals surface area contributed by atoms with Crippen LogP contribution in [0, 0.1) is 27.7 Å². The zero-order chi connectivity index (χ0) is 33.2. The Kier molecular flexibility index (Phi) is 6.55.